The Bertz CT molecular complexity index is 598. The zero-order valence-corrected chi connectivity index (χ0v) is 12.1. The molecule has 0 aliphatic heterocycles. The van der Waals surface area contributed by atoms with Gasteiger partial charge in [0.15, 0.2) is 0 Å². The highest BCUT2D eigenvalue weighted by molar-refractivity contribution is 5.82. The number of esters is 1. The lowest BCUT2D eigenvalue weighted by atomic mass is 9.99. The van der Waals surface area contributed by atoms with Gasteiger partial charge in [-0.2, -0.15) is 0 Å². The highest BCUT2D eigenvalue weighted by Gasteiger charge is 2.25. The van der Waals surface area contributed by atoms with Crippen LogP contribution in [0.4, 0.5) is 5.82 Å². The molecule has 0 bridgehead atoms. The molecule has 1 aromatic carbocycles. The third-order valence-electron chi connectivity index (χ3n) is 3.57. The number of rotatable bonds is 5. The molecule has 0 saturated carbocycles. The molecule has 2 unspecified atom stereocenters. The van der Waals surface area contributed by atoms with E-state index in [0.717, 1.165) is 17.3 Å². The summed E-state index contributed by atoms with van der Waals surface area (Å²) in [7, 11) is 1.41. The van der Waals surface area contributed by atoms with Crippen LogP contribution in [0, 0.1) is 5.92 Å². The van der Waals surface area contributed by atoms with Gasteiger partial charge >= 0.3 is 5.97 Å². The molecule has 2 rings (SSSR count). The number of pyridine rings is 1. The Morgan fingerprint density at radius 2 is 2.05 bits per heavy atom. The predicted octanol–water partition coefficient (Wildman–Crippen LogP) is 3.23. The average molecular weight is 272 g/mol. The number of methoxy groups -OCH3 is 1. The minimum absolute atomic E-state index is 0.177. The molecule has 0 radical (unpaired) electrons. The molecule has 0 saturated heterocycles. The molecule has 0 aliphatic carbocycles. The second-order valence-electron chi connectivity index (χ2n) is 4.92. The van der Waals surface area contributed by atoms with Crippen molar-refractivity contribution in [1.82, 2.24) is 4.98 Å². The largest absolute Gasteiger partial charge is 0.467 e. The maximum atomic E-state index is 11.9. The van der Waals surface area contributed by atoms with E-state index >= 15 is 0 Å². The lowest BCUT2D eigenvalue weighted by molar-refractivity contribution is -0.142. The van der Waals surface area contributed by atoms with Crippen molar-refractivity contribution in [2.45, 2.75) is 26.3 Å². The Kier molecular flexibility index (Phi) is 4.56. The van der Waals surface area contributed by atoms with Crippen LogP contribution in [0.1, 0.15) is 20.3 Å². The summed E-state index contributed by atoms with van der Waals surface area (Å²) < 4.78 is 4.87. The summed E-state index contributed by atoms with van der Waals surface area (Å²) in [5.74, 6) is 0.615. The Hall–Kier alpha value is -2.10. The van der Waals surface area contributed by atoms with E-state index in [1.54, 1.807) is 0 Å². The van der Waals surface area contributed by atoms with Gasteiger partial charge in [-0.25, -0.2) is 9.78 Å². The SMILES string of the molecule is CCC(C)C(Nc1ccc2ccccc2n1)C(=O)OC. The first-order chi connectivity index (χ1) is 9.65. The smallest absolute Gasteiger partial charge is 0.328 e. The Morgan fingerprint density at radius 1 is 1.30 bits per heavy atom. The Labute approximate surface area is 119 Å². The molecule has 1 heterocycles. The van der Waals surface area contributed by atoms with Gasteiger partial charge < -0.3 is 10.1 Å². The molecular weight excluding hydrogens is 252 g/mol. The van der Waals surface area contributed by atoms with Crippen LogP contribution < -0.4 is 5.32 Å². The normalized spacial score (nSPS) is 13.8. The average Bonchev–Trinajstić information content (AvgIpc) is 2.51. The maximum Gasteiger partial charge on any atom is 0.328 e. The number of hydrogen-bond acceptors (Lipinski definition) is 4. The topological polar surface area (TPSA) is 51.2 Å². The summed E-state index contributed by atoms with van der Waals surface area (Å²) in [6.07, 6.45) is 0.889. The molecule has 0 amide bonds. The van der Waals surface area contributed by atoms with Crippen LogP contribution in [-0.2, 0) is 9.53 Å². The molecule has 0 fully saturated rings. The predicted molar refractivity (Wildman–Crippen MR) is 80.6 cm³/mol. The lowest BCUT2D eigenvalue weighted by Crippen LogP contribution is -2.36. The summed E-state index contributed by atoms with van der Waals surface area (Å²) in [5, 5.41) is 4.27. The molecule has 4 nitrogen and oxygen atoms in total. The molecule has 106 valence electrons. The minimum atomic E-state index is -0.376. The number of benzene rings is 1. The first-order valence-electron chi connectivity index (χ1n) is 6.86. The molecule has 1 aromatic heterocycles. The van der Waals surface area contributed by atoms with Gasteiger partial charge in [0, 0.05) is 5.39 Å². The molecular formula is C16H20N2O2. The Balaban J connectivity index is 2.25. The van der Waals surface area contributed by atoms with Crippen molar-refractivity contribution in [2.75, 3.05) is 12.4 Å². The highest BCUT2D eigenvalue weighted by atomic mass is 16.5. The summed E-state index contributed by atoms with van der Waals surface area (Å²) in [4.78, 5) is 16.4. The fourth-order valence-electron chi connectivity index (χ4n) is 2.10. The van der Waals surface area contributed by atoms with Gasteiger partial charge in [0.2, 0.25) is 0 Å². The zero-order chi connectivity index (χ0) is 14.5. The van der Waals surface area contributed by atoms with Gasteiger partial charge in [-0.15, -0.1) is 0 Å². The standard InChI is InChI=1S/C16H20N2O2/c1-4-11(2)15(16(19)20-3)18-14-10-9-12-7-5-6-8-13(12)17-14/h5-11,15H,4H2,1-3H3,(H,17,18). The van der Waals surface area contributed by atoms with E-state index in [0.29, 0.717) is 5.82 Å². The van der Waals surface area contributed by atoms with Crippen LogP contribution in [-0.4, -0.2) is 24.1 Å². The van der Waals surface area contributed by atoms with Crippen LogP contribution in [0.25, 0.3) is 10.9 Å². The van der Waals surface area contributed by atoms with Crippen molar-refractivity contribution in [3.8, 4) is 0 Å². The number of hydrogen-bond donors (Lipinski definition) is 1. The number of nitrogens with one attached hydrogen (secondary N) is 1. The van der Waals surface area contributed by atoms with Crippen molar-refractivity contribution < 1.29 is 9.53 Å². The molecule has 0 spiro atoms. The number of carbonyl (C=O) groups is 1. The van der Waals surface area contributed by atoms with Crippen molar-refractivity contribution in [3.05, 3.63) is 36.4 Å². The summed E-state index contributed by atoms with van der Waals surface area (Å²) in [6, 6.07) is 11.4. The number of nitrogens with zero attached hydrogens (tertiary/aromatic N) is 1. The van der Waals surface area contributed by atoms with E-state index in [4.69, 9.17) is 4.74 Å². The number of carbonyl (C=O) groups excluding carboxylic acids is 1. The number of aromatic nitrogens is 1. The van der Waals surface area contributed by atoms with E-state index in [2.05, 4.69) is 17.2 Å². The van der Waals surface area contributed by atoms with E-state index in [1.165, 1.54) is 7.11 Å². The highest BCUT2D eigenvalue weighted by Crippen LogP contribution is 2.18. The van der Waals surface area contributed by atoms with Gasteiger partial charge in [-0.1, -0.05) is 38.5 Å². The fraction of sp³-hybridized carbons (Fsp3) is 0.375. The van der Waals surface area contributed by atoms with Crippen LogP contribution in [0.3, 0.4) is 0 Å². The van der Waals surface area contributed by atoms with Gasteiger partial charge in [0.1, 0.15) is 11.9 Å². The van der Waals surface area contributed by atoms with E-state index < -0.39 is 0 Å². The first-order valence-corrected chi connectivity index (χ1v) is 6.86. The van der Waals surface area contributed by atoms with Gasteiger partial charge in [-0.05, 0) is 24.1 Å². The second kappa shape index (κ2) is 6.37. The third-order valence-corrected chi connectivity index (χ3v) is 3.57. The molecule has 1 N–H and O–H groups in total. The summed E-state index contributed by atoms with van der Waals surface area (Å²) in [6.45, 7) is 4.08. The third kappa shape index (κ3) is 3.07. The van der Waals surface area contributed by atoms with Gasteiger partial charge in [0.25, 0.3) is 0 Å². The number of anilines is 1. The minimum Gasteiger partial charge on any atom is -0.467 e. The molecule has 20 heavy (non-hydrogen) atoms. The van der Waals surface area contributed by atoms with E-state index in [9.17, 15) is 4.79 Å². The number of fused-ring (bicyclic) bond motifs is 1. The Morgan fingerprint density at radius 3 is 2.75 bits per heavy atom. The van der Waals surface area contributed by atoms with Crippen LogP contribution in [0.2, 0.25) is 0 Å². The second-order valence-corrected chi connectivity index (χ2v) is 4.92. The quantitative estimate of drug-likeness (QED) is 0.849. The van der Waals surface area contributed by atoms with E-state index in [-0.39, 0.29) is 17.9 Å². The van der Waals surface area contributed by atoms with Crippen LogP contribution in [0.15, 0.2) is 36.4 Å². The van der Waals surface area contributed by atoms with Crippen LogP contribution in [0.5, 0.6) is 0 Å². The monoisotopic (exact) mass is 272 g/mol. The molecule has 2 atom stereocenters. The molecule has 0 aliphatic rings. The van der Waals surface area contributed by atoms with Crippen LogP contribution >= 0.6 is 0 Å². The number of ether oxygens (including phenoxy) is 1. The zero-order valence-electron chi connectivity index (χ0n) is 12.1. The van der Waals surface area contributed by atoms with Crippen molar-refractivity contribution >= 4 is 22.7 Å². The maximum absolute atomic E-state index is 11.9. The first kappa shape index (κ1) is 14.3. The van der Waals surface area contributed by atoms with Gasteiger partial charge in [0.05, 0.1) is 12.6 Å². The fourth-order valence-corrected chi connectivity index (χ4v) is 2.10. The summed E-state index contributed by atoms with van der Waals surface area (Å²) >= 11 is 0. The number of para-hydroxylation sites is 1. The van der Waals surface area contributed by atoms with Gasteiger partial charge in [-0.3, -0.25) is 0 Å². The lowest BCUT2D eigenvalue weighted by Gasteiger charge is -2.22. The van der Waals surface area contributed by atoms with Crippen molar-refractivity contribution in [1.29, 1.82) is 0 Å². The molecule has 2 aromatic rings. The van der Waals surface area contributed by atoms with Crippen molar-refractivity contribution in [3.63, 3.8) is 0 Å². The van der Waals surface area contributed by atoms with Crippen molar-refractivity contribution in [2.24, 2.45) is 5.92 Å². The summed E-state index contributed by atoms with van der Waals surface area (Å²) in [5.41, 5.74) is 0.908. The van der Waals surface area contributed by atoms with E-state index in [1.807, 2.05) is 43.3 Å². The molecule has 4 heteroatoms.